The van der Waals surface area contributed by atoms with Gasteiger partial charge in [0, 0.05) is 51.4 Å². The Morgan fingerprint density at radius 3 is 2.63 bits per heavy atom. The molecule has 1 aliphatic rings. The number of ether oxygens (including phenoxy) is 1. The molecule has 5 heterocycles. The Kier molecular flexibility index (Phi) is 5.55. The van der Waals surface area contributed by atoms with Crippen molar-refractivity contribution in [2.24, 2.45) is 0 Å². The molecule has 10 nitrogen and oxygen atoms in total. The van der Waals surface area contributed by atoms with Gasteiger partial charge in [-0.25, -0.2) is 9.97 Å². The fourth-order valence-electron chi connectivity index (χ4n) is 4.55. The molecule has 2 N–H and O–H groups in total. The number of aromatic nitrogens is 6. The minimum absolute atomic E-state index is 0.260. The number of nitrogens with one attached hydrogen (secondary N) is 2. The van der Waals surface area contributed by atoms with Crippen molar-refractivity contribution >= 4 is 33.4 Å². The molecule has 0 radical (unpaired) electrons. The summed E-state index contributed by atoms with van der Waals surface area (Å²) in [4.78, 5) is 30.3. The van der Waals surface area contributed by atoms with Gasteiger partial charge < -0.3 is 19.9 Å². The van der Waals surface area contributed by atoms with E-state index in [0.29, 0.717) is 5.75 Å². The second-order valence-electron chi connectivity index (χ2n) is 8.42. The molecule has 0 amide bonds. The highest BCUT2D eigenvalue weighted by Gasteiger charge is 2.24. The number of nitrogens with zero attached hydrogens (tertiary/aromatic N) is 7. The van der Waals surface area contributed by atoms with Crippen molar-refractivity contribution in [3.63, 3.8) is 0 Å². The number of pyridine rings is 1. The Labute approximate surface area is 202 Å². The number of hydrogen-bond acceptors (Lipinski definition) is 9. The first-order valence-corrected chi connectivity index (χ1v) is 11.6. The maximum Gasteiger partial charge on any atom is 0.326 e. The predicted octanol–water partition coefficient (Wildman–Crippen LogP) is 3.45. The lowest BCUT2D eigenvalue weighted by atomic mass is 10.1. The third-order valence-corrected chi connectivity index (χ3v) is 6.25. The van der Waals surface area contributed by atoms with Crippen molar-refractivity contribution in [3.05, 3.63) is 67.0 Å². The lowest BCUT2D eigenvalue weighted by molar-refractivity contribution is 0.246. The Morgan fingerprint density at radius 2 is 1.86 bits per heavy atom. The molecular weight excluding hydrogens is 442 g/mol. The van der Waals surface area contributed by atoms with E-state index in [-0.39, 0.29) is 6.01 Å². The molecule has 35 heavy (non-hydrogen) atoms. The molecule has 5 aromatic rings. The average molecular weight is 468 g/mol. The number of H-pyrrole nitrogens is 1. The van der Waals surface area contributed by atoms with E-state index < -0.39 is 0 Å². The number of anilines is 2. The molecule has 1 aromatic carbocycles. The first-order valence-electron chi connectivity index (χ1n) is 11.6. The second kappa shape index (κ2) is 9.15. The topological polar surface area (TPSA) is 108 Å². The standard InChI is InChI=1S/C25H25N9O/c1-26-20-7-4-6-19-21-23(30-22(19)20)31-25(35-18-13-27-16-28-14-18)32-24(21)34-11-9-33(10-12-34)15-17-5-2-3-8-29-17/h2-8,13-14,16,26H,9-12,15H2,1H3,(H,30,31,32). The van der Waals surface area contributed by atoms with Crippen molar-refractivity contribution in [1.82, 2.24) is 34.8 Å². The van der Waals surface area contributed by atoms with Crippen LogP contribution >= 0.6 is 0 Å². The third kappa shape index (κ3) is 4.19. The Bertz CT molecular complexity index is 1450. The van der Waals surface area contributed by atoms with Crippen LogP contribution in [0.3, 0.4) is 0 Å². The number of aromatic amines is 1. The van der Waals surface area contributed by atoms with Crippen LogP contribution in [0.4, 0.5) is 11.5 Å². The van der Waals surface area contributed by atoms with Gasteiger partial charge in [-0.1, -0.05) is 18.2 Å². The van der Waals surface area contributed by atoms with E-state index in [0.717, 1.165) is 71.9 Å². The maximum atomic E-state index is 5.94. The Balaban J connectivity index is 1.36. The number of benzene rings is 1. The smallest absolute Gasteiger partial charge is 0.326 e. The van der Waals surface area contributed by atoms with Gasteiger partial charge in [0.1, 0.15) is 17.8 Å². The first kappa shape index (κ1) is 21.2. The van der Waals surface area contributed by atoms with Crippen molar-refractivity contribution < 1.29 is 4.74 Å². The molecule has 6 rings (SSSR count). The van der Waals surface area contributed by atoms with Crippen LogP contribution in [0.15, 0.2) is 61.3 Å². The predicted molar refractivity (Wildman–Crippen MR) is 135 cm³/mol. The lowest BCUT2D eigenvalue weighted by Crippen LogP contribution is -2.46. The van der Waals surface area contributed by atoms with Gasteiger partial charge in [-0.05, 0) is 18.2 Å². The number of hydrogen-bond donors (Lipinski definition) is 2. The Morgan fingerprint density at radius 1 is 1.00 bits per heavy atom. The van der Waals surface area contributed by atoms with Crippen LogP contribution in [0.2, 0.25) is 0 Å². The van der Waals surface area contributed by atoms with Crippen LogP contribution in [0.1, 0.15) is 5.69 Å². The number of para-hydroxylation sites is 1. The highest BCUT2D eigenvalue weighted by atomic mass is 16.5. The summed E-state index contributed by atoms with van der Waals surface area (Å²) < 4.78 is 5.94. The fourth-order valence-corrected chi connectivity index (χ4v) is 4.55. The molecule has 10 heteroatoms. The highest BCUT2D eigenvalue weighted by Crippen LogP contribution is 2.36. The summed E-state index contributed by atoms with van der Waals surface area (Å²) in [6.07, 6.45) is 6.50. The van der Waals surface area contributed by atoms with Crippen molar-refractivity contribution in [2.75, 3.05) is 43.4 Å². The monoisotopic (exact) mass is 467 g/mol. The molecule has 0 spiro atoms. The summed E-state index contributed by atoms with van der Waals surface area (Å²) in [5.74, 6) is 1.35. The van der Waals surface area contributed by atoms with E-state index in [1.165, 1.54) is 6.33 Å². The summed E-state index contributed by atoms with van der Waals surface area (Å²) in [6, 6.07) is 12.5. The van der Waals surface area contributed by atoms with E-state index in [4.69, 9.17) is 14.7 Å². The number of piperazine rings is 1. The molecule has 4 aromatic heterocycles. The third-order valence-electron chi connectivity index (χ3n) is 6.25. The average Bonchev–Trinajstić information content (AvgIpc) is 3.28. The van der Waals surface area contributed by atoms with E-state index in [9.17, 15) is 0 Å². The number of fused-ring (bicyclic) bond motifs is 3. The van der Waals surface area contributed by atoms with Crippen LogP contribution < -0.4 is 15.0 Å². The van der Waals surface area contributed by atoms with Crippen LogP contribution in [0, 0.1) is 0 Å². The molecule has 0 aliphatic carbocycles. The lowest BCUT2D eigenvalue weighted by Gasteiger charge is -2.35. The minimum atomic E-state index is 0.260. The van der Waals surface area contributed by atoms with Gasteiger partial charge in [-0.3, -0.25) is 9.88 Å². The quantitative estimate of drug-likeness (QED) is 0.388. The van der Waals surface area contributed by atoms with E-state index in [1.807, 2.05) is 37.5 Å². The van der Waals surface area contributed by atoms with Crippen molar-refractivity contribution in [2.45, 2.75) is 6.54 Å². The fraction of sp³-hybridized carbons (Fsp3) is 0.240. The molecule has 0 saturated carbocycles. The summed E-state index contributed by atoms with van der Waals surface area (Å²) in [5.41, 5.74) is 3.82. The van der Waals surface area contributed by atoms with Crippen LogP contribution in [0.25, 0.3) is 21.9 Å². The maximum absolute atomic E-state index is 5.94. The van der Waals surface area contributed by atoms with Gasteiger partial charge in [0.15, 0.2) is 5.75 Å². The van der Waals surface area contributed by atoms with E-state index >= 15 is 0 Å². The summed E-state index contributed by atoms with van der Waals surface area (Å²) >= 11 is 0. The summed E-state index contributed by atoms with van der Waals surface area (Å²) in [6.45, 7) is 4.34. The number of rotatable bonds is 6. The minimum Gasteiger partial charge on any atom is -0.421 e. The first-order chi connectivity index (χ1) is 17.3. The van der Waals surface area contributed by atoms with Gasteiger partial charge in [0.2, 0.25) is 0 Å². The van der Waals surface area contributed by atoms with Crippen molar-refractivity contribution in [3.8, 4) is 11.8 Å². The summed E-state index contributed by atoms with van der Waals surface area (Å²) in [7, 11) is 1.91. The van der Waals surface area contributed by atoms with Gasteiger partial charge >= 0.3 is 6.01 Å². The molecule has 1 aliphatic heterocycles. The Hall–Kier alpha value is -4.31. The molecule has 0 atom stereocenters. The van der Waals surface area contributed by atoms with E-state index in [2.05, 4.69) is 47.2 Å². The van der Waals surface area contributed by atoms with Crippen LogP contribution in [0.5, 0.6) is 11.8 Å². The van der Waals surface area contributed by atoms with E-state index in [1.54, 1.807) is 12.4 Å². The normalized spacial score (nSPS) is 14.5. The molecule has 0 unspecified atom stereocenters. The zero-order valence-electron chi connectivity index (χ0n) is 19.3. The highest BCUT2D eigenvalue weighted by molar-refractivity contribution is 6.14. The summed E-state index contributed by atoms with van der Waals surface area (Å²) in [5, 5.41) is 5.33. The van der Waals surface area contributed by atoms with Gasteiger partial charge in [0.25, 0.3) is 0 Å². The SMILES string of the molecule is CNc1cccc2c1[nH]c1nc(Oc3cncnc3)nc(N3CCN(Cc4ccccn4)CC3)c12. The zero-order chi connectivity index (χ0) is 23.6. The molecule has 176 valence electrons. The largest absolute Gasteiger partial charge is 0.421 e. The van der Waals surface area contributed by atoms with Gasteiger partial charge in [-0.15, -0.1) is 0 Å². The van der Waals surface area contributed by atoms with Gasteiger partial charge in [-0.2, -0.15) is 9.97 Å². The molecule has 0 bridgehead atoms. The van der Waals surface area contributed by atoms with Crippen LogP contribution in [-0.4, -0.2) is 68.0 Å². The van der Waals surface area contributed by atoms with Crippen LogP contribution in [-0.2, 0) is 6.54 Å². The molecular formula is C25H25N9O. The zero-order valence-corrected chi connectivity index (χ0v) is 19.3. The molecule has 1 fully saturated rings. The van der Waals surface area contributed by atoms with Gasteiger partial charge in [0.05, 0.1) is 34.7 Å². The van der Waals surface area contributed by atoms with Crippen molar-refractivity contribution in [1.29, 1.82) is 0 Å². The second-order valence-corrected chi connectivity index (χ2v) is 8.42. The molecule has 1 saturated heterocycles.